The van der Waals surface area contributed by atoms with E-state index in [1.165, 1.54) is 11.3 Å². The third kappa shape index (κ3) is 5.41. The molecule has 8 heteroatoms. The van der Waals surface area contributed by atoms with Crippen molar-refractivity contribution in [1.29, 1.82) is 0 Å². The number of thiazole rings is 1. The maximum atomic E-state index is 11.8. The Kier molecular flexibility index (Phi) is 5.66. The summed E-state index contributed by atoms with van der Waals surface area (Å²) in [5.74, 6) is -0.499. The summed E-state index contributed by atoms with van der Waals surface area (Å²) in [7, 11) is 0. The Labute approximate surface area is 127 Å². The topological polar surface area (TPSA) is 83.6 Å². The fourth-order valence-electron chi connectivity index (χ4n) is 2.08. The van der Waals surface area contributed by atoms with Crippen molar-refractivity contribution in [3.8, 4) is 0 Å². The van der Waals surface area contributed by atoms with E-state index < -0.39 is 0 Å². The van der Waals surface area contributed by atoms with E-state index in [1.54, 1.807) is 0 Å². The first-order valence-corrected chi connectivity index (χ1v) is 7.73. The lowest BCUT2D eigenvalue weighted by Gasteiger charge is -2.30. The van der Waals surface area contributed by atoms with Crippen molar-refractivity contribution in [2.45, 2.75) is 26.4 Å². The zero-order valence-electron chi connectivity index (χ0n) is 12.2. The Morgan fingerprint density at radius 1 is 1.48 bits per heavy atom. The number of hydrazine groups is 1. The molecular formula is C13H20N4O3S. The maximum absolute atomic E-state index is 11.8. The van der Waals surface area contributed by atoms with Crippen molar-refractivity contribution < 1.29 is 14.3 Å². The van der Waals surface area contributed by atoms with E-state index in [-0.39, 0.29) is 30.9 Å². The molecule has 2 N–H and O–H groups in total. The molecule has 1 fully saturated rings. The van der Waals surface area contributed by atoms with Crippen LogP contribution in [0.5, 0.6) is 0 Å². The smallest absolute Gasteiger partial charge is 0.252 e. The van der Waals surface area contributed by atoms with Crippen molar-refractivity contribution in [3.63, 3.8) is 0 Å². The van der Waals surface area contributed by atoms with Crippen molar-refractivity contribution >= 4 is 23.2 Å². The summed E-state index contributed by atoms with van der Waals surface area (Å²) in [5.41, 5.74) is 5.74. The normalized spacial score (nSPS) is 19.2. The van der Waals surface area contributed by atoms with Gasteiger partial charge in [-0.3, -0.25) is 25.3 Å². The standard InChI is InChI=1S/C13H20N4O3S/c1-9-8-21-13(14-9)5-11(18)15-16-12(19)7-17-3-4-20-10(2)6-17/h8,10H,3-7H2,1-2H3,(H,15,18)(H,16,19)/t10-/m1/s1. The molecule has 1 aromatic heterocycles. The van der Waals surface area contributed by atoms with Crippen molar-refractivity contribution in [3.05, 3.63) is 16.1 Å². The third-order valence-corrected chi connectivity index (χ3v) is 3.98. The van der Waals surface area contributed by atoms with Crippen LogP contribution in [0.1, 0.15) is 17.6 Å². The molecule has 7 nitrogen and oxygen atoms in total. The van der Waals surface area contributed by atoms with E-state index in [0.717, 1.165) is 23.8 Å². The van der Waals surface area contributed by atoms with Gasteiger partial charge in [0.15, 0.2) is 0 Å². The Hall–Kier alpha value is -1.51. The fraction of sp³-hybridized carbons (Fsp3) is 0.615. The summed E-state index contributed by atoms with van der Waals surface area (Å²) in [4.78, 5) is 29.6. The second-order valence-corrected chi connectivity index (χ2v) is 6.01. The average molecular weight is 312 g/mol. The number of nitrogens with zero attached hydrogens (tertiary/aromatic N) is 2. The molecule has 0 spiro atoms. The van der Waals surface area contributed by atoms with Gasteiger partial charge in [0.05, 0.1) is 25.7 Å². The second-order valence-electron chi connectivity index (χ2n) is 5.07. The molecule has 0 radical (unpaired) electrons. The molecule has 1 saturated heterocycles. The predicted molar refractivity (Wildman–Crippen MR) is 78.7 cm³/mol. The molecule has 2 rings (SSSR count). The molecular weight excluding hydrogens is 292 g/mol. The molecule has 1 aliphatic rings. The highest BCUT2D eigenvalue weighted by molar-refractivity contribution is 7.09. The van der Waals surface area contributed by atoms with Crippen LogP contribution in [-0.2, 0) is 20.7 Å². The zero-order valence-corrected chi connectivity index (χ0v) is 13.0. The lowest BCUT2D eigenvalue weighted by molar-refractivity contribution is -0.130. The van der Waals surface area contributed by atoms with Crippen molar-refractivity contribution in [2.75, 3.05) is 26.2 Å². The lowest BCUT2D eigenvalue weighted by atomic mass is 10.3. The third-order valence-electron chi connectivity index (χ3n) is 3.01. The zero-order chi connectivity index (χ0) is 15.2. The van der Waals surface area contributed by atoms with Crippen LogP contribution in [-0.4, -0.2) is 54.0 Å². The number of carbonyl (C=O) groups excluding carboxylic acids is 2. The maximum Gasteiger partial charge on any atom is 0.252 e. The van der Waals surface area contributed by atoms with E-state index >= 15 is 0 Å². The summed E-state index contributed by atoms with van der Waals surface area (Å²) in [5, 5.41) is 2.63. The Morgan fingerprint density at radius 3 is 2.90 bits per heavy atom. The number of aryl methyl sites for hydroxylation is 1. The number of ether oxygens (including phenoxy) is 1. The monoisotopic (exact) mass is 312 g/mol. The molecule has 0 saturated carbocycles. The summed E-state index contributed by atoms with van der Waals surface area (Å²) >= 11 is 1.43. The minimum atomic E-state index is -0.270. The van der Waals surface area contributed by atoms with E-state index in [1.807, 2.05) is 24.1 Å². The first kappa shape index (κ1) is 15.9. The first-order chi connectivity index (χ1) is 10.0. The molecule has 21 heavy (non-hydrogen) atoms. The predicted octanol–water partition coefficient (Wildman–Crippen LogP) is -0.138. The van der Waals surface area contributed by atoms with Crippen LogP contribution in [0, 0.1) is 6.92 Å². The van der Waals surface area contributed by atoms with E-state index in [4.69, 9.17) is 4.74 Å². The molecule has 1 aromatic rings. The number of aromatic nitrogens is 1. The quantitative estimate of drug-likeness (QED) is 0.756. The van der Waals surface area contributed by atoms with Crippen LogP contribution in [0.2, 0.25) is 0 Å². The Balaban J connectivity index is 1.67. The van der Waals surface area contributed by atoms with Gasteiger partial charge in [-0.1, -0.05) is 0 Å². The number of nitrogens with one attached hydrogen (secondary N) is 2. The van der Waals surface area contributed by atoms with E-state index in [9.17, 15) is 9.59 Å². The van der Waals surface area contributed by atoms with Gasteiger partial charge in [-0.15, -0.1) is 11.3 Å². The van der Waals surface area contributed by atoms with Crippen LogP contribution >= 0.6 is 11.3 Å². The number of hydrogen-bond acceptors (Lipinski definition) is 6. The Morgan fingerprint density at radius 2 is 2.24 bits per heavy atom. The van der Waals surface area contributed by atoms with E-state index in [0.29, 0.717) is 6.61 Å². The molecule has 0 bridgehead atoms. The van der Waals surface area contributed by atoms with Crippen LogP contribution in [0.4, 0.5) is 0 Å². The second kappa shape index (κ2) is 7.48. The largest absolute Gasteiger partial charge is 0.376 e. The summed E-state index contributed by atoms with van der Waals surface area (Å²) < 4.78 is 5.41. The first-order valence-electron chi connectivity index (χ1n) is 6.85. The van der Waals surface area contributed by atoms with Gasteiger partial charge in [0.25, 0.3) is 5.91 Å². The van der Waals surface area contributed by atoms with Crippen LogP contribution < -0.4 is 10.9 Å². The van der Waals surface area contributed by atoms with Gasteiger partial charge >= 0.3 is 0 Å². The molecule has 2 heterocycles. The number of rotatable bonds is 4. The minimum absolute atomic E-state index is 0.134. The highest BCUT2D eigenvalue weighted by Crippen LogP contribution is 2.08. The highest BCUT2D eigenvalue weighted by Gasteiger charge is 2.19. The molecule has 2 amide bonds. The van der Waals surface area contributed by atoms with Crippen LogP contribution in [0.15, 0.2) is 5.38 Å². The van der Waals surface area contributed by atoms with Crippen LogP contribution in [0.25, 0.3) is 0 Å². The summed E-state index contributed by atoms with van der Waals surface area (Å²) in [6.45, 7) is 6.18. The van der Waals surface area contributed by atoms with Gasteiger partial charge in [0, 0.05) is 24.2 Å². The van der Waals surface area contributed by atoms with Crippen molar-refractivity contribution in [2.24, 2.45) is 0 Å². The minimum Gasteiger partial charge on any atom is -0.376 e. The summed E-state index contributed by atoms with van der Waals surface area (Å²) in [6.07, 6.45) is 0.308. The van der Waals surface area contributed by atoms with Crippen molar-refractivity contribution in [1.82, 2.24) is 20.7 Å². The fourth-order valence-corrected chi connectivity index (χ4v) is 2.85. The van der Waals surface area contributed by atoms with Gasteiger partial charge < -0.3 is 4.74 Å². The highest BCUT2D eigenvalue weighted by atomic mass is 32.1. The van der Waals surface area contributed by atoms with Gasteiger partial charge in [0.1, 0.15) is 5.01 Å². The van der Waals surface area contributed by atoms with Gasteiger partial charge in [0.2, 0.25) is 5.91 Å². The number of amides is 2. The van der Waals surface area contributed by atoms with E-state index in [2.05, 4.69) is 15.8 Å². The SMILES string of the molecule is Cc1csc(CC(=O)NNC(=O)CN2CCO[C@H](C)C2)n1. The molecule has 0 unspecified atom stereocenters. The summed E-state index contributed by atoms with van der Waals surface area (Å²) in [6, 6.07) is 0. The Bertz CT molecular complexity index is 505. The molecule has 1 atom stereocenters. The lowest BCUT2D eigenvalue weighted by Crippen LogP contribution is -2.50. The molecule has 1 aliphatic heterocycles. The molecule has 0 aliphatic carbocycles. The van der Waals surface area contributed by atoms with Gasteiger partial charge in [-0.2, -0.15) is 0 Å². The average Bonchev–Trinajstić information content (AvgIpc) is 2.82. The number of hydrogen-bond donors (Lipinski definition) is 2. The van der Waals surface area contributed by atoms with Crippen LogP contribution in [0.3, 0.4) is 0 Å². The van der Waals surface area contributed by atoms with Gasteiger partial charge in [-0.05, 0) is 13.8 Å². The number of carbonyl (C=O) groups is 2. The van der Waals surface area contributed by atoms with Gasteiger partial charge in [-0.25, -0.2) is 4.98 Å². The molecule has 116 valence electrons. The number of morpholine rings is 1. The molecule has 0 aromatic carbocycles.